The number of methoxy groups -OCH3 is 1. The van der Waals surface area contributed by atoms with E-state index in [4.69, 9.17) is 4.74 Å². The van der Waals surface area contributed by atoms with Crippen molar-refractivity contribution in [3.05, 3.63) is 48.0 Å². The first-order valence-electron chi connectivity index (χ1n) is 7.01. The van der Waals surface area contributed by atoms with Crippen LogP contribution in [-0.4, -0.2) is 37.5 Å². The van der Waals surface area contributed by atoms with Gasteiger partial charge in [0.25, 0.3) is 0 Å². The maximum Gasteiger partial charge on any atom is 0.0783 e. The lowest BCUT2D eigenvalue weighted by atomic mass is 9.93. The third-order valence-corrected chi connectivity index (χ3v) is 3.44. The van der Waals surface area contributed by atoms with Crippen molar-refractivity contribution < 1.29 is 9.84 Å². The Morgan fingerprint density at radius 1 is 1.15 bits per heavy atom. The van der Waals surface area contributed by atoms with E-state index in [-0.39, 0.29) is 0 Å². The van der Waals surface area contributed by atoms with Crippen LogP contribution >= 0.6 is 0 Å². The van der Waals surface area contributed by atoms with Crippen LogP contribution in [0.25, 0.3) is 10.8 Å². The van der Waals surface area contributed by atoms with E-state index in [1.807, 2.05) is 25.1 Å². The predicted molar refractivity (Wildman–Crippen MR) is 83.0 cm³/mol. The lowest BCUT2D eigenvalue weighted by Crippen LogP contribution is -2.40. The Bertz CT molecular complexity index is 546. The number of rotatable bonds is 7. The molecule has 0 amide bonds. The Kier molecular flexibility index (Phi) is 5.12. The number of aliphatic hydroxyl groups is 1. The van der Waals surface area contributed by atoms with Gasteiger partial charge in [-0.2, -0.15) is 0 Å². The molecule has 0 fully saturated rings. The van der Waals surface area contributed by atoms with Gasteiger partial charge in [0.15, 0.2) is 0 Å². The van der Waals surface area contributed by atoms with Gasteiger partial charge in [-0.3, -0.25) is 0 Å². The molecule has 108 valence electrons. The van der Waals surface area contributed by atoms with Crippen LogP contribution in [0.5, 0.6) is 0 Å². The fraction of sp³-hybridized carbons (Fsp3) is 0.412. The number of benzene rings is 2. The zero-order chi connectivity index (χ0) is 14.4. The van der Waals surface area contributed by atoms with E-state index in [2.05, 4.69) is 29.6 Å². The van der Waals surface area contributed by atoms with Crippen molar-refractivity contribution >= 4 is 10.8 Å². The number of ether oxygens (including phenoxy) is 1. The summed E-state index contributed by atoms with van der Waals surface area (Å²) >= 11 is 0. The molecule has 20 heavy (non-hydrogen) atoms. The first-order valence-corrected chi connectivity index (χ1v) is 7.01. The average molecular weight is 273 g/mol. The van der Waals surface area contributed by atoms with Crippen molar-refractivity contribution in [2.75, 3.05) is 26.8 Å². The van der Waals surface area contributed by atoms with Gasteiger partial charge in [0.1, 0.15) is 0 Å². The number of nitrogens with one attached hydrogen (secondary N) is 1. The molecule has 2 N–H and O–H groups in total. The van der Waals surface area contributed by atoms with Crippen LogP contribution in [-0.2, 0) is 11.2 Å². The average Bonchev–Trinajstić information content (AvgIpc) is 2.44. The molecule has 1 atom stereocenters. The molecule has 0 bridgehead atoms. The summed E-state index contributed by atoms with van der Waals surface area (Å²) in [7, 11) is 1.68. The predicted octanol–water partition coefficient (Wildman–Crippen LogP) is 2.37. The Labute approximate surface area is 120 Å². The highest BCUT2D eigenvalue weighted by molar-refractivity contribution is 5.85. The van der Waals surface area contributed by atoms with Crippen LogP contribution in [0.1, 0.15) is 12.5 Å². The van der Waals surface area contributed by atoms with Crippen LogP contribution in [0.2, 0.25) is 0 Å². The van der Waals surface area contributed by atoms with Crippen molar-refractivity contribution in [2.24, 2.45) is 0 Å². The molecule has 0 radical (unpaired) electrons. The lowest BCUT2D eigenvalue weighted by Gasteiger charge is -2.24. The number of fused-ring (bicyclic) bond motifs is 1. The molecule has 0 saturated carbocycles. The van der Waals surface area contributed by atoms with Crippen LogP contribution in [0.4, 0.5) is 0 Å². The molecule has 3 heteroatoms. The third kappa shape index (κ3) is 4.04. The molecule has 0 heterocycles. The minimum atomic E-state index is -0.766. The van der Waals surface area contributed by atoms with E-state index in [0.717, 1.165) is 6.54 Å². The fourth-order valence-electron chi connectivity index (χ4n) is 2.45. The molecule has 2 aromatic carbocycles. The molecule has 0 saturated heterocycles. The summed E-state index contributed by atoms with van der Waals surface area (Å²) in [4.78, 5) is 0. The van der Waals surface area contributed by atoms with Gasteiger partial charge in [-0.25, -0.2) is 0 Å². The van der Waals surface area contributed by atoms with Gasteiger partial charge in [0, 0.05) is 26.6 Å². The number of hydrogen-bond acceptors (Lipinski definition) is 3. The fourth-order valence-corrected chi connectivity index (χ4v) is 2.45. The standard InChI is InChI=1S/C17H23NO2/c1-17(19,13-18-10-11-20-2)12-15-8-5-7-14-6-3-4-9-16(14)15/h3-9,18-19H,10-13H2,1-2H3. The van der Waals surface area contributed by atoms with Gasteiger partial charge in [0.2, 0.25) is 0 Å². The zero-order valence-corrected chi connectivity index (χ0v) is 12.2. The summed E-state index contributed by atoms with van der Waals surface area (Å²) < 4.78 is 4.99. The summed E-state index contributed by atoms with van der Waals surface area (Å²) in [5.74, 6) is 0. The maximum atomic E-state index is 10.5. The Morgan fingerprint density at radius 2 is 1.90 bits per heavy atom. The molecule has 0 aliphatic heterocycles. The summed E-state index contributed by atoms with van der Waals surface area (Å²) in [6.07, 6.45) is 0.633. The van der Waals surface area contributed by atoms with Gasteiger partial charge in [0.05, 0.1) is 12.2 Å². The lowest BCUT2D eigenvalue weighted by molar-refractivity contribution is 0.0584. The summed E-state index contributed by atoms with van der Waals surface area (Å²) in [5, 5.41) is 16.2. The van der Waals surface area contributed by atoms with Crippen molar-refractivity contribution in [3.8, 4) is 0 Å². The summed E-state index contributed by atoms with van der Waals surface area (Å²) in [6, 6.07) is 14.5. The van der Waals surface area contributed by atoms with E-state index in [0.29, 0.717) is 19.6 Å². The molecule has 0 spiro atoms. The smallest absolute Gasteiger partial charge is 0.0783 e. The Morgan fingerprint density at radius 3 is 2.70 bits per heavy atom. The largest absolute Gasteiger partial charge is 0.389 e. The summed E-state index contributed by atoms with van der Waals surface area (Å²) in [6.45, 7) is 3.83. The van der Waals surface area contributed by atoms with E-state index < -0.39 is 5.60 Å². The highest BCUT2D eigenvalue weighted by Gasteiger charge is 2.21. The van der Waals surface area contributed by atoms with Crippen LogP contribution in [0, 0.1) is 0 Å². The van der Waals surface area contributed by atoms with Crippen LogP contribution in [0.3, 0.4) is 0 Å². The molecular weight excluding hydrogens is 250 g/mol. The highest BCUT2D eigenvalue weighted by atomic mass is 16.5. The molecule has 0 aliphatic rings. The van der Waals surface area contributed by atoms with Crippen molar-refractivity contribution in [3.63, 3.8) is 0 Å². The molecular formula is C17H23NO2. The van der Waals surface area contributed by atoms with Crippen molar-refractivity contribution in [1.29, 1.82) is 0 Å². The van der Waals surface area contributed by atoms with Crippen LogP contribution in [0.15, 0.2) is 42.5 Å². The topological polar surface area (TPSA) is 41.5 Å². The van der Waals surface area contributed by atoms with Gasteiger partial charge >= 0.3 is 0 Å². The molecule has 2 rings (SSSR count). The normalized spacial score (nSPS) is 14.3. The molecule has 3 nitrogen and oxygen atoms in total. The van der Waals surface area contributed by atoms with Gasteiger partial charge in [-0.15, -0.1) is 0 Å². The second-order valence-electron chi connectivity index (χ2n) is 5.48. The first kappa shape index (κ1) is 15.0. The maximum absolute atomic E-state index is 10.5. The van der Waals surface area contributed by atoms with E-state index in [1.165, 1.54) is 16.3 Å². The number of hydrogen-bond donors (Lipinski definition) is 2. The van der Waals surface area contributed by atoms with Crippen LogP contribution < -0.4 is 5.32 Å². The Hall–Kier alpha value is -1.42. The minimum absolute atomic E-state index is 0.555. The third-order valence-electron chi connectivity index (χ3n) is 3.44. The highest BCUT2D eigenvalue weighted by Crippen LogP contribution is 2.22. The Balaban J connectivity index is 2.07. The van der Waals surface area contributed by atoms with Crippen molar-refractivity contribution in [1.82, 2.24) is 5.32 Å². The van der Waals surface area contributed by atoms with E-state index >= 15 is 0 Å². The van der Waals surface area contributed by atoms with E-state index in [1.54, 1.807) is 7.11 Å². The van der Waals surface area contributed by atoms with Gasteiger partial charge in [-0.1, -0.05) is 42.5 Å². The van der Waals surface area contributed by atoms with Gasteiger partial charge < -0.3 is 15.2 Å². The summed E-state index contributed by atoms with van der Waals surface area (Å²) in [5.41, 5.74) is 0.416. The molecule has 2 aromatic rings. The SMILES string of the molecule is COCCNCC(C)(O)Cc1cccc2ccccc12. The monoisotopic (exact) mass is 273 g/mol. The second-order valence-corrected chi connectivity index (χ2v) is 5.48. The van der Waals surface area contributed by atoms with E-state index in [9.17, 15) is 5.11 Å². The molecule has 1 unspecified atom stereocenters. The van der Waals surface area contributed by atoms with Gasteiger partial charge in [-0.05, 0) is 23.3 Å². The second kappa shape index (κ2) is 6.84. The first-order chi connectivity index (χ1) is 9.62. The quantitative estimate of drug-likeness (QED) is 0.761. The minimum Gasteiger partial charge on any atom is -0.389 e. The molecule has 0 aromatic heterocycles. The van der Waals surface area contributed by atoms with Crippen molar-refractivity contribution in [2.45, 2.75) is 18.9 Å². The zero-order valence-electron chi connectivity index (χ0n) is 12.2. The molecule has 0 aliphatic carbocycles.